The molecule has 2 rings (SSSR count). The number of benzene rings is 1. The van der Waals surface area contributed by atoms with Gasteiger partial charge in [-0.05, 0) is 44.9 Å². The van der Waals surface area contributed by atoms with Crippen LogP contribution in [-0.2, 0) is 14.3 Å². The molecule has 0 bridgehead atoms. The van der Waals surface area contributed by atoms with Crippen LogP contribution >= 0.6 is 0 Å². The molecule has 4 nitrogen and oxygen atoms in total. The minimum absolute atomic E-state index is 0.145. The predicted molar refractivity (Wildman–Crippen MR) is 84.9 cm³/mol. The summed E-state index contributed by atoms with van der Waals surface area (Å²) in [5.41, 5.74) is 0.215. The molecule has 4 heteroatoms. The summed E-state index contributed by atoms with van der Waals surface area (Å²) in [5.74, 6) is 0.589. The highest BCUT2D eigenvalue weighted by Crippen LogP contribution is 2.53. The average molecular weight is 306 g/mol. The van der Waals surface area contributed by atoms with Gasteiger partial charge in [-0.3, -0.25) is 0 Å². The first-order valence-corrected chi connectivity index (χ1v) is 8.15. The van der Waals surface area contributed by atoms with E-state index in [4.69, 9.17) is 14.2 Å². The number of unbranched alkanes of at least 4 members (excludes halogenated alkanes) is 1. The zero-order valence-corrected chi connectivity index (χ0v) is 13.9. The molecule has 0 aliphatic carbocycles. The number of rotatable bonds is 8. The third-order valence-electron chi connectivity index (χ3n) is 3.77. The number of carbonyl (C=O) groups excluding carboxylic acids is 1. The zero-order chi connectivity index (χ0) is 16.2. The Bertz CT molecular complexity index is 494. The van der Waals surface area contributed by atoms with E-state index in [9.17, 15) is 4.79 Å². The fourth-order valence-corrected chi connectivity index (χ4v) is 2.65. The predicted octanol–water partition coefficient (Wildman–Crippen LogP) is 4.04. The summed E-state index contributed by atoms with van der Waals surface area (Å²) in [7, 11) is 0. The molecule has 0 aromatic heterocycles. The number of esters is 1. The molecule has 0 amide bonds. The van der Waals surface area contributed by atoms with Gasteiger partial charge in [-0.1, -0.05) is 31.9 Å². The molecule has 0 N–H and O–H groups in total. The van der Waals surface area contributed by atoms with Crippen molar-refractivity contribution >= 4 is 5.97 Å². The zero-order valence-electron chi connectivity index (χ0n) is 13.9. The normalized spacial score (nSPS) is 23.4. The fraction of sp³-hybridized carbons (Fsp3) is 0.611. The van der Waals surface area contributed by atoms with Gasteiger partial charge in [-0.25, -0.2) is 4.79 Å². The maximum absolute atomic E-state index is 12.3. The lowest BCUT2D eigenvalue weighted by Gasteiger charge is -2.12. The van der Waals surface area contributed by atoms with Crippen molar-refractivity contribution in [2.24, 2.45) is 0 Å². The van der Waals surface area contributed by atoms with Crippen LogP contribution in [0.5, 0.6) is 5.75 Å². The Hall–Kier alpha value is -1.55. The van der Waals surface area contributed by atoms with Gasteiger partial charge in [0.1, 0.15) is 11.9 Å². The molecule has 0 radical (unpaired) electrons. The van der Waals surface area contributed by atoms with E-state index in [2.05, 4.69) is 6.92 Å². The van der Waals surface area contributed by atoms with Crippen molar-refractivity contribution in [1.29, 1.82) is 0 Å². The highest BCUT2D eigenvalue weighted by atomic mass is 16.7. The third kappa shape index (κ3) is 3.61. The lowest BCUT2D eigenvalue weighted by Crippen LogP contribution is -2.28. The molecule has 0 saturated carbocycles. The van der Waals surface area contributed by atoms with E-state index in [1.165, 1.54) is 0 Å². The van der Waals surface area contributed by atoms with Crippen LogP contribution in [0, 0.1) is 0 Å². The maximum atomic E-state index is 12.3. The molecule has 122 valence electrons. The molecular weight excluding hydrogens is 280 g/mol. The number of carbonyl (C=O) groups is 1. The molecule has 1 fully saturated rings. The van der Waals surface area contributed by atoms with Crippen LogP contribution in [-0.4, -0.2) is 24.3 Å². The summed E-state index contributed by atoms with van der Waals surface area (Å²) >= 11 is 0. The quantitative estimate of drug-likeness (QED) is 0.537. The topological polar surface area (TPSA) is 48.1 Å². The van der Waals surface area contributed by atoms with Gasteiger partial charge in [0, 0.05) is 0 Å². The highest BCUT2D eigenvalue weighted by molar-refractivity contribution is 5.84. The van der Waals surface area contributed by atoms with Crippen LogP contribution in [0.25, 0.3) is 0 Å². The molecule has 0 unspecified atom stereocenters. The first-order chi connectivity index (χ1) is 10.5. The molecule has 1 aliphatic rings. The first-order valence-electron chi connectivity index (χ1n) is 8.15. The lowest BCUT2D eigenvalue weighted by molar-refractivity contribution is -0.149. The second kappa shape index (κ2) is 7.14. The van der Waals surface area contributed by atoms with E-state index in [1.807, 2.05) is 45.0 Å². The van der Waals surface area contributed by atoms with Crippen molar-refractivity contribution in [3.05, 3.63) is 29.8 Å². The van der Waals surface area contributed by atoms with Gasteiger partial charge in [-0.2, -0.15) is 0 Å². The molecule has 1 aromatic carbocycles. The number of ether oxygens (including phenoxy) is 3. The second-order valence-corrected chi connectivity index (χ2v) is 5.95. The average Bonchev–Trinajstić information content (AvgIpc) is 3.21. The molecule has 1 aromatic rings. The Labute approximate surface area is 132 Å². The SMILES string of the molecule is CCCC[C@@]1(C(=O)OCC)O[C@H]1c1ccc(OC(C)C)cc1. The molecule has 22 heavy (non-hydrogen) atoms. The van der Waals surface area contributed by atoms with Gasteiger partial charge in [0.25, 0.3) is 0 Å². The maximum Gasteiger partial charge on any atom is 0.341 e. The Kier molecular flexibility index (Phi) is 5.46. The van der Waals surface area contributed by atoms with E-state index in [-0.39, 0.29) is 18.2 Å². The summed E-state index contributed by atoms with van der Waals surface area (Å²) in [6.07, 6.45) is 2.62. The van der Waals surface area contributed by atoms with Crippen LogP contribution in [0.4, 0.5) is 0 Å². The minimum Gasteiger partial charge on any atom is -0.491 e. The minimum atomic E-state index is -0.785. The van der Waals surface area contributed by atoms with Crippen molar-refractivity contribution in [3.63, 3.8) is 0 Å². The number of hydrogen-bond donors (Lipinski definition) is 0. The molecule has 0 spiro atoms. The van der Waals surface area contributed by atoms with E-state index < -0.39 is 5.60 Å². The van der Waals surface area contributed by atoms with E-state index >= 15 is 0 Å². The second-order valence-electron chi connectivity index (χ2n) is 5.95. The Morgan fingerprint density at radius 2 is 1.95 bits per heavy atom. The Morgan fingerprint density at radius 3 is 2.50 bits per heavy atom. The van der Waals surface area contributed by atoms with Crippen molar-refractivity contribution in [2.75, 3.05) is 6.61 Å². The van der Waals surface area contributed by atoms with Crippen LogP contribution in [0.3, 0.4) is 0 Å². The number of hydrogen-bond acceptors (Lipinski definition) is 4. The molecule has 1 aliphatic heterocycles. The van der Waals surface area contributed by atoms with Crippen molar-refractivity contribution in [2.45, 2.75) is 64.8 Å². The van der Waals surface area contributed by atoms with Crippen LogP contribution in [0.2, 0.25) is 0 Å². The van der Waals surface area contributed by atoms with Crippen LogP contribution in [0.15, 0.2) is 24.3 Å². The molecule has 1 heterocycles. The lowest BCUT2D eigenvalue weighted by atomic mass is 9.94. The summed E-state index contributed by atoms with van der Waals surface area (Å²) in [5, 5.41) is 0. The largest absolute Gasteiger partial charge is 0.491 e. The molecule has 2 atom stereocenters. The third-order valence-corrected chi connectivity index (χ3v) is 3.77. The highest BCUT2D eigenvalue weighted by Gasteiger charge is 2.63. The van der Waals surface area contributed by atoms with Gasteiger partial charge >= 0.3 is 5.97 Å². The summed E-state index contributed by atoms with van der Waals surface area (Å²) in [6, 6.07) is 7.78. The standard InChI is InChI=1S/C18H26O4/c1-5-7-12-18(17(19)20-6-2)16(22-18)14-8-10-15(11-9-14)21-13(3)4/h8-11,13,16H,5-7,12H2,1-4H3/t16-,18+/m0/s1. The van der Waals surface area contributed by atoms with Crippen molar-refractivity contribution in [1.82, 2.24) is 0 Å². The van der Waals surface area contributed by atoms with E-state index in [0.717, 1.165) is 24.2 Å². The van der Waals surface area contributed by atoms with Crippen LogP contribution in [0.1, 0.15) is 58.6 Å². The summed E-state index contributed by atoms with van der Waals surface area (Å²) < 4.78 is 16.7. The van der Waals surface area contributed by atoms with Gasteiger partial charge in [0.05, 0.1) is 12.7 Å². The Morgan fingerprint density at radius 1 is 1.27 bits per heavy atom. The van der Waals surface area contributed by atoms with E-state index in [0.29, 0.717) is 13.0 Å². The van der Waals surface area contributed by atoms with Crippen molar-refractivity contribution < 1.29 is 19.0 Å². The van der Waals surface area contributed by atoms with Crippen LogP contribution < -0.4 is 4.74 Å². The van der Waals surface area contributed by atoms with E-state index in [1.54, 1.807) is 0 Å². The van der Waals surface area contributed by atoms with Gasteiger partial charge in [-0.15, -0.1) is 0 Å². The number of epoxide rings is 1. The Balaban J connectivity index is 2.09. The van der Waals surface area contributed by atoms with Gasteiger partial charge in [0.15, 0.2) is 5.60 Å². The van der Waals surface area contributed by atoms with Gasteiger partial charge < -0.3 is 14.2 Å². The first kappa shape index (κ1) is 16.8. The van der Waals surface area contributed by atoms with Gasteiger partial charge in [0.2, 0.25) is 0 Å². The summed E-state index contributed by atoms with van der Waals surface area (Å²) in [6.45, 7) is 8.29. The molecular formula is C18H26O4. The fourth-order valence-electron chi connectivity index (χ4n) is 2.65. The van der Waals surface area contributed by atoms with Crippen molar-refractivity contribution in [3.8, 4) is 5.75 Å². The summed E-state index contributed by atoms with van der Waals surface area (Å²) in [4.78, 5) is 12.3. The monoisotopic (exact) mass is 306 g/mol. The smallest absolute Gasteiger partial charge is 0.341 e. The molecule has 1 saturated heterocycles.